The second-order valence-electron chi connectivity index (χ2n) is 5.30. The van der Waals surface area contributed by atoms with Gasteiger partial charge >= 0.3 is 0 Å². The molecule has 9 heteroatoms. The molecule has 1 fully saturated rings. The van der Waals surface area contributed by atoms with Crippen LogP contribution in [0.3, 0.4) is 0 Å². The maximum atomic E-state index is 12.3. The molecular formula is C12H19N3O4S2. The molecule has 0 aliphatic carbocycles. The molecule has 2 atom stereocenters. The molecule has 2 N–H and O–H groups in total. The third kappa shape index (κ3) is 4.00. The third-order valence-electron chi connectivity index (χ3n) is 3.49. The molecule has 118 valence electrons. The molecule has 2 heterocycles. The molecule has 1 aliphatic rings. The Morgan fingerprint density at radius 2 is 2.00 bits per heavy atom. The number of sulfonamides is 1. The van der Waals surface area contributed by atoms with Crippen molar-refractivity contribution in [1.82, 2.24) is 15.0 Å². The van der Waals surface area contributed by atoms with Crippen LogP contribution in [0.25, 0.3) is 0 Å². The molecule has 0 amide bonds. The highest BCUT2D eigenvalue weighted by Gasteiger charge is 2.27. The largest absolute Gasteiger partial charge is 0.316 e. The highest BCUT2D eigenvalue weighted by Crippen LogP contribution is 2.16. The minimum absolute atomic E-state index is 0.0272. The van der Waals surface area contributed by atoms with Crippen LogP contribution in [0.4, 0.5) is 0 Å². The van der Waals surface area contributed by atoms with Gasteiger partial charge in [0.15, 0.2) is 14.9 Å². The summed E-state index contributed by atoms with van der Waals surface area (Å²) in [7, 11) is -7.13. The van der Waals surface area contributed by atoms with Crippen LogP contribution in [0.2, 0.25) is 0 Å². The van der Waals surface area contributed by atoms with E-state index in [2.05, 4.69) is 15.0 Å². The zero-order valence-corrected chi connectivity index (χ0v) is 13.5. The molecule has 2 rings (SSSR count). The molecule has 0 aromatic carbocycles. The smallest absolute Gasteiger partial charge is 0.242 e. The van der Waals surface area contributed by atoms with Crippen LogP contribution in [-0.4, -0.2) is 47.2 Å². The van der Waals surface area contributed by atoms with Gasteiger partial charge in [-0.2, -0.15) is 0 Å². The second-order valence-corrected chi connectivity index (χ2v) is 8.98. The maximum Gasteiger partial charge on any atom is 0.242 e. The average Bonchev–Trinajstić information content (AvgIpc) is 2.40. The first kappa shape index (κ1) is 16.3. The minimum Gasteiger partial charge on any atom is -0.316 e. The van der Waals surface area contributed by atoms with Crippen molar-refractivity contribution in [1.29, 1.82) is 0 Å². The van der Waals surface area contributed by atoms with E-state index in [4.69, 9.17) is 0 Å². The number of nitrogens with zero attached hydrogens (tertiary/aromatic N) is 1. The van der Waals surface area contributed by atoms with E-state index in [1.165, 1.54) is 12.1 Å². The minimum atomic E-state index is -3.69. The molecule has 7 nitrogen and oxygen atoms in total. The van der Waals surface area contributed by atoms with Crippen molar-refractivity contribution in [2.75, 3.05) is 19.3 Å². The predicted octanol–water partition coefficient (Wildman–Crippen LogP) is -0.239. The number of aromatic nitrogens is 1. The number of nitrogens with one attached hydrogen (secondary N) is 2. The first-order valence-electron chi connectivity index (χ1n) is 6.59. The van der Waals surface area contributed by atoms with E-state index in [1.54, 1.807) is 0 Å². The van der Waals surface area contributed by atoms with Crippen molar-refractivity contribution in [2.45, 2.75) is 29.3 Å². The van der Waals surface area contributed by atoms with Crippen LogP contribution in [0.5, 0.6) is 0 Å². The van der Waals surface area contributed by atoms with Gasteiger partial charge in [-0.3, -0.25) is 0 Å². The number of hydrogen-bond donors (Lipinski definition) is 2. The van der Waals surface area contributed by atoms with Gasteiger partial charge in [0.05, 0.1) is 0 Å². The van der Waals surface area contributed by atoms with E-state index in [0.29, 0.717) is 0 Å². The monoisotopic (exact) mass is 333 g/mol. The predicted molar refractivity (Wildman–Crippen MR) is 78.1 cm³/mol. The summed E-state index contributed by atoms with van der Waals surface area (Å²) in [6.45, 7) is 3.51. The maximum absolute atomic E-state index is 12.3. The van der Waals surface area contributed by atoms with Crippen LogP contribution in [-0.2, 0) is 19.9 Å². The number of piperidine rings is 1. The van der Waals surface area contributed by atoms with Crippen LogP contribution in [0, 0.1) is 5.92 Å². The van der Waals surface area contributed by atoms with E-state index < -0.39 is 19.9 Å². The number of pyridine rings is 1. The summed E-state index contributed by atoms with van der Waals surface area (Å²) in [4.78, 5) is 3.68. The van der Waals surface area contributed by atoms with Crippen molar-refractivity contribution in [3.63, 3.8) is 0 Å². The van der Waals surface area contributed by atoms with Crippen molar-refractivity contribution in [3.05, 3.63) is 18.3 Å². The van der Waals surface area contributed by atoms with Gasteiger partial charge in [-0.25, -0.2) is 26.5 Å². The second kappa shape index (κ2) is 5.99. The molecule has 0 radical (unpaired) electrons. The Morgan fingerprint density at radius 1 is 1.29 bits per heavy atom. The van der Waals surface area contributed by atoms with E-state index in [0.717, 1.165) is 32.0 Å². The molecule has 1 saturated heterocycles. The number of rotatable bonds is 4. The van der Waals surface area contributed by atoms with Crippen LogP contribution >= 0.6 is 0 Å². The number of sulfone groups is 1. The van der Waals surface area contributed by atoms with Crippen LogP contribution in [0.15, 0.2) is 28.3 Å². The van der Waals surface area contributed by atoms with Crippen molar-refractivity contribution < 1.29 is 16.8 Å². The summed E-state index contributed by atoms with van der Waals surface area (Å²) in [5.41, 5.74) is 0. The molecule has 1 aliphatic heterocycles. The van der Waals surface area contributed by atoms with E-state index in [-0.39, 0.29) is 21.9 Å². The lowest BCUT2D eigenvalue weighted by Crippen LogP contribution is -2.48. The fraction of sp³-hybridized carbons (Fsp3) is 0.583. The Labute approximate surface area is 125 Å². The lowest BCUT2D eigenvalue weighted by molar-refractivity contribution is 0.328. The van der Waals surface area contributed by atoms with Gasteiger partial charge in [0.1, 0.15) is 4.90 Å². The Morgan fingerprint density at radius 3 is 2.52 bits per heavy atom. The zero-order valence-electron chi connectivity index (χ0n) is 11.9. The molecule has 1 aromatic rings. The molecular weight excluding hydrogens is 314 g/mol. The lowest BCUT2D eigenvalue weighted by atomic mass is 9.97. The van der Waals surface area contributed by atoms with Gasteiger partial charge in [-0.15, -0.1) is 0 Å². The van der Waals surface area contributed by atoms with Crippen LogP contribution in [0.1, 0.15) is 13.3 Å². The SMILES string of the molecule is CC1CNCCC1NS(=O)(=O)c1ccc(S(C)(=O)=O)nc1. The summed E-state index contributed by atoms with van der Waals surface area (Å²) in [6, 6.07) is 2.33. The highest BCUT2D eigenvalue weighted by atomic mass is 32.2. The van der Waals surface area contributed by atoms with Crippen molar-refractivity contribution in [2.24, 2.45) is 5.92 Å². The fourth-order valence-corrected chi connectivity index (χ4v) is 4.08. The summed E-state index contributed by atoms with van der Waals surface area (Å²) in [5.74, 6) is 0.191. The Balaban J connectivity index is 2.19. The van der Waals surface area contributed by atoms with Crippen molar-refractivity contribution >= 4 is 19.9 Å². The van der Waals surface area contributed by atoms with Crippen molar-refractivity contribution in [3.8, 4) is 0 Å². The van der Waals surface area contributed by atoms with Crippen LogP contribution < -0.4 is 10.0 Å². The molecule has 0 bridgehead atoms. The van der Waals surface area contributed by atoms with E-state index in [1.807, 2.05) is 6.92 Å². The molecule has 0 spiro atoms. The van der Waals surface area contributed by atoms with E-state index >= 15 is 0 Å². The molecule has 2 unspecified atom stereocenters. The first-order chi connectivity index (χ1) is 9.70. The van der Waals surface area contributed by atoms with Gasteiger partial charge in [-0.05, 0) is 37.6 Å². The topological polar surface area (TPSA) is 105 Å². The standard InChI is InChI=1S/C12H19N3O4S2/c1-9-7-13-6-5-11(9)15-21(18,19)10-3-4-12(14-8-10)20(2,16)17/h3-4,8-9,11,13,15H,5-7H2,1-2H3. The summed E-state index contributed by atoms with van der Waals surface area (Å²) in [6.07, 6.45) is 2.82. The Hall–Kier alpha value is -1.03. The number of hydrogen-bond acceptors (Lipinski definition) is 6. The van der Waals surface area contributed by atoms with E-state index in [9.17, 15) is 16.8 Å². The zero-order chi connectivity index (χ0) is 15.7. The quantitative estimate of drug-likeness (QED) is 0.788. The van der Waals surface area contributed by atoms with Gasteiger partial charge in [0.25, 0.3) is 0 Å². The molecule has 0 saturated carbocycles. The molecule has 21 heavy (non-hydrogen) atoms. The fourth-order valence-electron chi connectivity index (χ4n) is 2.20. The molecule has 1 aromatic heterocycles. The van der Waals surface area contributed by atoms with Gasteiger partial charge in [0, 0.05) is 18.5 Å². The van der Waals surface area contributed by atoms with Gasteiger partial charge in [0.2, 0.25) is 10.0 Å². The average molecular weight is 333 g/mol. The highest BCUT2D eigenvalue weighted by molar-refractivity contribution is 7.90. The lowest BCUT2D eigenvalue weighted by Gasteiger charge is -2.29. The summed E-state index contributed by atoms with van der Waals surface area (Å²) >= 11 is 0. The van der Waals surface area contributed by atoms with Gasteiger partial charge < -0.3 is 5.32 Å². The Bertz CT molecular complexity index is 699. The van der Waals surface area contributed by atoms with Gasteiger partial charge in [-0.1, -0.05) is 6.92 Å². The third-order valence-corrected chi connectivity index (χ3v) is 5.97. The normalized spacial score (nSPS) is 23.9. The summed E-state index contributed by atoms with van der Waals surface area (Å²) in [5, 5.41) is 3.06. The summed E-state index contributed by atoms with van der Waals surface area (Å²) < 4.78 is 49.9. The first-order valence-corrected chi connectivity index (χ1v) is 9.97. The Kier molecular flexibility index (Phi) is 4.66.